The average molecular weight is 448 g/mol. The fraction of sp³-hybridized carbons (Fsp3) is 0.273. The van der Waals surface area contributed by atoms with Gasteiger partial charge < -0.3 is 25.8 Å². The number of halogens is 2. The van der Waals surface area contributed by atoms with Crippen LogP contribution in [0.15, 0.2) is 60.7 Å². The molecule has 0 radical (unpaired) electrons. The number of carbonyl (C=O) groups excluding carboxylic acids is 2. The van der Waals surface area contributed by atoms with Gasteiger partial charge in [0.1, 0.15) is 11.9 Å². The second-order valence-corrected chi connectivity index (χ2v) is 7.43. The first-order chi connectivity index (χ1) is 14.9. The highest BCUT2D eigenvalue weighted by molar-refractivity contribution is 6.30. The summed E-state index contributed by atoms with van der Waals surface area (Å²) in [5.41, 5.74) is 0.952. The Labute approximate surface area is 184 Å². The van der Waals surface area contributed by atoms with E-state index in [9.17, 15) is 19.1 Å². The van der Waals surface area contributed by atoms with Crippen molar-refractivity contribution in [3.63, 3.8) is 0 Å². The SMILES string of the molecule is O=C(C[C@@H]1C=C[C@H](NC(=O)Nc2ccccc2F)[C@@H](CO)O1)NCc1ccc(Cl)cc1. The van der Waals surface area contributed by atoms with Gasteiger partial charge in [0.2, 0.25) is 5.91 Å². The van der Waals surface area contributed by atoms with Crippen LogP contribution in [-0.4, -0.2) is 41.9 Å². The summed E-state index contributed by atoms with van der Waals surface area (Å²) in [7, 11) is 0. The Balaban J connectivity index is 1.49. The van der Waals surface area contributed by atoms with Gasteiger partial charge in [-0.05, 0) is 29.8 Å². The second-order valence-electron chi connectivity index (χ2n) is 6.99. The summed E-state index contributed by atoms with van der Waals surface area (Å²) in [6, 6.07) is 11.7. The zero-order valence-corrected chi connectivity index (χ0v) is 17.3. The van der Waals surface area contributed by atoms with Crippen molar-refractivity contribution >= 4 is 29.2 Å². The maximum Gasteiger partial charge on any atom is 0.319 e. The fourth-order valence-corrected chi connectivity index (χ4v) is 3.19. The molecule has 0 unspecified atom stereocenters. The summed E-state index contributed by atoms with van der Waals surface area (Å²) in [6.45, 7) is -0.00581. The van der Waals surface area contributed by atoms with E-state index in [4.69, 9.17) is 16.3 Å². The molecule has 0 aromatic heterocycles. The number of rotatable bonds is 7. The van der Waals surface area contributed by atoms with Crippen LogP contribution in [0.2, 0.25) is 5.02 Å². The summed E-state index contributed by atoms with van der Waals surface area (Å²) in [5, 5.41) is 18.1. The van der Waals surface area contributed by atoms with Gasteiger partial charge in [-0.3, -0.25) is 4.79 Å². The lowest BCUT2D eigenvalue weighted by Gasteiger charge is -2.31. The maximum absolute atomic E-state index is 13.7. The third-order valence-electron chi connectivity index (χ3n) is 4.67. The van der Waals surface area contributed by atoms with E-state index in [0.717, 1.165) is 5.56 Å². The lowest BCUT2D eigenvalue weighted by molar-refractivity contribution is -0.125. The van der Waals surface area contributed by atoms with Gasteiger partial charge in [0, 0.05) is 11.6 Å². The van der Waals surface area contributed by atoms with Crippen molar-refractivity contribution in [3.8, 4) is 0 Å². The third kappa shape index (κ3) is 6.78. The molecule has 1 aliphatic rings. The number of hydrogen-bond acceptors (Lipinski definition) is 4. The van der Waals surface area contributed by atoms with Crippen molar-refractivity contribution in [2.45, 2.75) is 31.2 Å². The number of carbonyl (C=O) groups is 2. The lowest BCUT2D eigenvalue weighted by Crippen LogP contribution is -2.50. The quantitative estimate of drug-likeness (QED) is 0.490. The average Bonchev–Trinajstić information content (AvgIpc) is 2.76. The summed E-state index contributed by atoms with van der Waals surface area (Å²) in [6.07, 6.45) is 2.08. The number of benzene rings is 2. The number of ether oxygens (including phenoxy) is 1. The Morgan fingerprint density at radius 1 is 1.10 bits per heavy atom. The van der Waals surface area contributed by atoms with Crippen molar-refractivity contribution in [2.75, 3.05) is 11.9 Å². The van der Waals surface area contributed by atoms with E-state index in [-0.39, 0.29) is 24.6 Å². The second kappa shape index (κ2) is 10.9. The number of anilines is 1. The predicted octanol–water partition coefficient (Wildman–Crippen LogP) is 2.99. The molecular formula is C22H23ClFN3O4. The van der Waals surface area contributed by atoms with Crippen LogP contribution in [0.4, 0.5) is 14.9 Å². The zero-order chi connectivity index (χ0) is 22.2. The van der Waals surface area contributed by atoms with Gasteiger partial charge >= 0.3 is 6.03 Å². The Morgan fingerprint density at radius 2 is 1.84 bits per heavy atom. The summed E-state index contributed by atoms with van der Waals surface area (Å²) in [5.74, 6) is -0.776. The number of para-hydroxylation sites is 1. The van der Waals surface area contributed by atoms with Crippen molar-refractivity contribution in [1.82, 2.24) is 10.6 Å². The van der Waals surface area contributed by atoms with Gasteiger partial charge in [0.05, 0.1) is 30.9 Å². The van der Waals surface area contributed by atoms with Crippen LogP contribution in [0.25, 0.3) is 0 Å². The van der Waals surface area contributed by atoms with Crippen LogP contribution in [0.5, 0.6) is 0 Å². The van der Waals surface area contributed by atoms with Gasteiger partial charge in [0.25, 0.3) is 0 Å². The van der Waals surface area contributed by atoms with Gasteiger partial charge in [-0.1, -0.05) is 48.0 Å². The van der Waals surface area contributed by atoms with E-state index in [1.165, 1.54) is 18.2 Å². The van der Waals surface area contributed by atoms with E-state index in [0.29, 0.717) is 11.6 Å². The molecule has 0 fully saturated rings. The topological polar surface area (TPSA) is 99.7 Å². The smallest absolute Gasteiger partial charge is 0.319 e. The molecule has 9 heteroatoms. The van der Waals surface area contributed by atoms with E-state index < -0.39 is 30.1 Å². The van der Waals surface area contributed by atoms with Crippen LogP contribution >= 0.6 is 11.6 Å². The van der Waals surface area contributed by atoms with Crippen LogP contribution in [-0.2, 0) is 16.1 Å². The van der Waals surface area contributed by atoms with E-state index in [2.05, 4.69) is 16.0 Å². The first-order valence-corrected chi connectivity index (χ1v) is 10.1. The molecule has 3 amide bonds. The number of nitrogens with one attached hydrogen (secondary N) is 3. The van der Waals surface area contributed by atoms with Gasteiger partial charge in [-0.25, -0.2) is 9.18 Å². The van der Waals surface area contributed by atoms with Crippen molar-refractivity contribution in [2.24, 2.45) is 0 Å². The molecule has 0 spiro atoms. The lowest BCUT2D eigenvalue weighted by atomic mass is 10.0. The number of urea groups is 1. The third-order valence-corrected chi connectivity index (χ3v) is 4.92. The van der Waals surface area contributed by atoms with Crippen molar-refractivity contribution in [3.05, 3.63) is 77.1 Å². The molecule has 7 nitrogen and oxygen atoms in total. The van der Waals surface area contributed by atoms with Gasteiger partial charge in [-0.15, -0.1) is 0 Å². The molecule has 0 saturated carbocycles. The molecule has 1 heterocycles. The molecule has 1 aliphatic heterocycles. The largest absolute Gasteiger partial charge is 0.394 e. The summed E-state index contributed by atoms with van der Waals surface area (Å²) >= 11 is 5.84. The van der Waals surface area contributed by atoms with Crippen LogP contribution in [0.1, 0.15) is 12.0 Å². The molecule has 0 bridgehead atoms. The standard InChI is InChI=1S/C22H23ClFN3O4/c23-15-7-5-14(6-8-15)12-25-21(29)11-16-9-10-19(20(13-28)31-16)27-22(30)26-18-4-2-1-3-17(18)24/h1-10,16,19-20,28H,11-13H2,(H,25,29)(H2,26,27,30)/t16-,19-,20+/m0/s1. The first kappa shape index (κ1) is 22.7. The minimum atomic E-state index is -0.745. The normalized spacial score (nSPS) is 20.2. The molecule has 164 valence electrons. The number of aliphatic hydroxyl groups excluding tert-OH is 1. The highest BCUT2D eigenvalue weighted by atomic mass is 35.5. The maximum atomic E-state index is 13.7. The van der Waals surface area contributed by atoms with Gasteiger partial charge in [-0.2, -0.15) is 0 Å². The molecule has 0 aliphatic carbocycles. The highest BCUT2D eigenvalue weighted by Gasteiger charge is 2.29. The van der Waals surface area contributed by atoms with Crippen LogP contribution < -0.4 is 16.0 Å². The molecule has 4 N–H and O–H groups in total. The first-order valence-electron chi connectivity index (χ1n) is 9.72. The molecule has 31 heavy (non-hydrogen) atoms. The van der Waals surface area contributed by atoms with Crippen LogP contribution in [0.3, 0.4) is 0 Å². The Hall–Kier alpha value is -2.94. The minimum Gasteiger partial charge on any atom is -0.394 e. The molecule has 2 aromatic carbocycles. The molecular weight excluding hydrogens is 425 g/mol. The zero-order valence-electron chi connectivity index (χ0n) is 16.6. The molecule has 2 aromatic rings. The Morgan fingerprint density at radius 3 is 2.55 bits per heavy atom. The monoisotopic (exact) mass is 447 g/mol. The molecule has 0 saturated heterocycles. The predicted molar refractivity (Wildman–Crippen MR) is 115 cm³/mol. The van der Waals surface area contributed by atoms with Crippen LogP contribution in [0, 0.1) is 5.82 Å². The molecule has 3 rings (SSSR count). The minimum absolute atomic E-state index is 0.0384. The number of amides is 3. The molecule has 3 atom stereocenters. The van der Waals surface area contributed by atoms with E-state index in [1.807, 2.05) is 12.1 Å². The highest BCUT2D eigenvalue weighted by Crippen LogP contribution is 2.17. The Bertz CT molecular complexity index is 939. The number of aliphatic hydroxyl groups is 1. The number of hydrogen-bond donors (Lipinski definition) is 4. The van der Waals surface area contributed by atoms with E-state index in [1.54, 1.807) is 30.4 Å². The summed E-state index contributed by atoms with van der Waals surface area (Å²) < 4.78 is 19.4. The van der Waals surface area contributed by atoms with Crippen molar-refractivity contribution < 1.29 is 23.8 Å². The fourth-order valence-electron chi connectivity index (χ4n) is 3.07. The summed E-state index contributed by atoms with van der Waals surface area (Å²) in [4.78, 5) is 24.4. The Kier molecular flexibility index (Phi) is 8.00. The van der Waals surface area contributed by atoms with Gasteiger partial charge in [0.15, 0.2) is 0 Å². The van der Waals surface area contributed by atoms with E-state index >= 15 is 0 Å². The van der Waals surface area contributed by atoms with Crippen molar-refractivity contribution in [1.29, 1.82) is 0 Å².